The van der Waals surface area contributed by atoms with Crippen LogP contribution in [-0.2, 0) is 6.54 Å². The van der Waals surface area contributed by atoms with E-state index in [4.69, 9.17) is 5.10 Å². The second kappa shape index (κ2) is 8.63. The molecule has 0 bridgehead atoms. The molecule has 1 fully saturated rings. The highest BCUT2D eigenvalue weighted by atomic mass is 15.3. The fraction of sp³-hybridized carbons (Fsp3) is 0.571. The predicted octanol–water partition coefficient (Wildman–Crippen LogP) is 3.82. The minimum atomic E-state index is 0.437. The molecule has 136 valence electrons. The summed E-state index contributed by atoms with van der Waals surface area (Å²) >= 11 is 0. The summed E-state index contributed by atoms with van der Waals surface area (Å²) in [6.07, 6.45) is 4.88. The van der Waals surface area contributed by atoms with E-state index in [0.29, 0.717) is 5.92 Å². The van der Waals surface area contributed by atoms with Gasteiger partial charge in [0.15, 0.2) is 0 Å². The van der Waals surface area contributed by atoms with Crippen LogP contribution in [-0.4, -0.2) is 40.9 Å². The van der Waals surface area contributed by atoms with Crippen molar-refractivity contribution in [3.05, 3.63) is 47.8 Å². The number of likely N-dealkylation sites (tertiary alicyclic amines) is 1. The third-order valence-corrected chi connectivity index (χ3v) is 5.19. The highest BCUT2D eigenvalue weighted by Gasteiger charge is 2.19. The molecule has 3 rings (SSSR count). The van der Waals surface area contributed by atoms with Crippen LogP contribution in [0.5, 0.6) is 0 Å². The first kappa shape index (κ1) is 18.2. The predicted molar refractivity (Wildman–Crippen MR) is 104 cm³/mol. The van der Waals surface area contributed by atoms with Crippen molar-refractivity contribution in [3.63, 3.8) is 0 Å². The van der Waals surface area contributed by atoms with Crippen molar-refractivity contribution in [2.75, 3.05) is 26.2 Å². The molecule has 0 radical (unpaired) electrons. The molecule has 1 aliphatic heterocycles. The fourth-order valence-corrected chi connectivity index (χ4v) is 3.77. The normalized spacial score (nSPS) is 18.8. The van der Waals surface area contributed by atoms with Crippen LogP contribution >= 0.6 is 0 Å². The van der Waals surface area contributed by atoms with E-state index in [1.54, 1.807) is 0 Å². The van der Waals surface area contributed by atoms with E-state index in [2.05, 4.69) is 61.5 Å². The van der Waals surface area contributed by atoms with Crippen LogP contribution in [0.1, 0.15) is 50.8 Å². The van der Waals surface area contributed by atoms with Crippen molar-refractivity contribution >= 4 is 0 Å². The number of aromatic nitrogens is 2. The molecule has 2 aromatic rings. The van der Waals surface area contributed by atoms with Crippen LogP contribution < -0.4 is 5.32 Å². The zero-order valence-electron chi connectivity index (χ0n) is 15.9. The molecule has 0 saturated carbocycles. The molecule has 1 N–H and O–H groups in total. The van der Waals surface area contributed by atoms with E-state index in [1.807, 2.05) is 10.7 Å². The van der Waals surface area contributed by atoms with Crippen molar-refractivity contribution in [1.29, 1.82) is 0 Å². The summed E-state index contributed by atoms with van der Waals surface area (Å²) in [6, 6.07) is 10.4. The molecule has 1 atom stereocenters. The van der Waals surface area contributed by atoms with Crippen LogP contribution in [0, 0.1) is 5.92 Å². The molecule has 4 heteroatoms. The van der Waals surface area contributed by atoms with E-state index in [0.717, 1.165) is 24.7 Å². The number of piperidine rings is 1. The highest BCUT2D eigenvalue weighted by molar-refractivity contribution is 5.33. The summed E-state index contributed by atoms with van der Waals surface area (Å²) in [5.41, 5.74) is 3.65. The standard InChI is InChI=1S/C21H32N4/c1-4-24-12-8-9-18(15-24)13-22-14-19-16-25(23-21(19)17(2)3)20-10-6-5-7-11-20/h5-7,10-11,16-18,22H,4,8-9,12-15H2,1-3H3. The maximum Gasteiger partial charge on any atom is 0.0699 e. The number of benzene rings is 1. The Balaban J connectivity index is 1.62. The van der Waals surface area contributed by atoms with Gasteiger partial charge < -0.3 is 10.2 Å². The molecule has 4 nitrogen and oxygen atoms in total. The second-order valence-corrected chi connectivity index (χ2v) is 7.51. The van der Waals surface area contributed by atoms with Gasteiger partial charge in [0.25, 0.3) is 0 Å². The topological polar surface area (TPSA) is 33.1 Å². The summed E-state index contributed by atoms with van der Waals surface area (Å²) in [4.78, 5) is 2.57. The summed E-state index contributed by atoms with van der Waals surface area (Å²) in [5.74, 6) is 1.22. The Morgan fingerprint density at radius 2 is 2.04 bits per heavy atom. The van der Waals surface area contributed by atoms with Gasteiger partial charge in [0.05, 0.1) is 11.4 Å². The van der Waals surface area contributed by atoms with Crippen LogP contribution in [0.25, 0.3) is 5.69 Å². The largest absolute Gasteiger partial charge is 0.312 e. The van der Waals surface area contributed by atoms with E-state index in [-0.39, 0.29) is 0 Å². The molecular weight excluding hydrogens is 308 g/mol. The van der Waals surface area contributed by atoms with Crippen LogP contribution in [0.2, 0.25) is 0 Å². The van der Waals surface area contributed by atoms with Gasteiger partial charge in [0, 0.05) is 24.8 Å². The van der Waals surface area contributed by atoms with Crippen molar-refractivity contribution in [2.24, 2.45) is 5.92 Å². The minimum Gasteiger partial charge on any atom is -0.312 e. The summed E-state index contributed by atoms with van der Waals surface area (Å²) < 4.78 is 2.02. The van der Waals surface area contributed by atoms with Gasteiger partial charge in [0.1, 0.15) is 0 Å². The van der Waals surface area contributed by atoms with Gasteiger partial charge in [-0.3, -0.25) is 0 Å². The van der Waals surface area contributed by atoms with Crippen LogP contribution in [0.15, 0.2) is 36.5 Å². The molecule has 1 aromatic carbocycles. The van der Waals surface area contributed by atoms with Gasteiger partial charge in [-0.05, 0) is 56.4 Å². The lowest BCUT2D eigenvalue weighted by atomic mass is 9.98. The molecule has 1 saturated heterocycles. The Kier molecular flexibility index (Phi) is 6.27. The van der Waals surface area contributed by atoms with Crippen molar-refractivity contribution in [3.8, 4) is 5.69 Å². The Morgan fingerprint density at radius 1 is 1.24 bits per heavy atom. The average Bonchev–Trinajstić information content (AvgIpc) is 3.07. The van der Waals surface area contributed by atoms with Crippen molar-refractivity contribution < 1.29 is 0 Å². The first-order chi connectivity index (χ1) is 12.2. The average molecular weight is 341 g/mol. The summed E-state index contributed by atoms with van der Waals surface area (Å²) in [7, 11) is 0. The second-order valence-electron chi connectivity index (χ2n) is 7.51. The number of hydrogen-bond acceptors (Lipinski definition) is 3. The van der Waals surface area contributed by atoms with Crippen molar-refractivity contribution in [1.82, 2.24) is 20.0 Å². The quantitative estimate of drug-likeness (QED) is 0.832. The van der Waals surface area contributed by atoms with Gasteiger partial charge in [-0.1, -0.05) is 39.0 Å². The third-order valence-electron chi connectivity index (χ3n) is 5.19. The van der Waals surface area contributed by atoms with Gasteiger partial charge in [-0.2, -0.15) is 5.10 Å². The van der Waals surface area contributed by atoms with Gasteiger partial charge >= 0.3 is 0 Å². The smallest absolute Gasteiger partial charge is 0.0699 e. The van der Waals surface area contributed by atoms with Crippen molar-refractivity contribution in [2.45, 2.75) is 46.1 Å². The Hall–Kier alpha value is -1.65. The SMILES string of the molecule is CCN1CCCC(CNCc2cn(-c3ccccc3)nc2C(C)C)C1. The fourth-order valence-electron chi connectivity index (χ4n) is 3.77. The molecule has 0 amide bonds. The number of para-hydroxylation sites is 1. The summed E-state index contributed by atoms with van der Waals surface area (Å²) in [6.45, 7) is 12.4. The number of hydrogen-bond donors (Lipinski definition) is 1. The maximum absolute atomic E-state index is 4.84. The molecule has 1 unspecified atom stereocenters. The van der Waals surface area contributed by atoms with E-state index >= 15 is 0 Å². The maximum atomic E-state index is 4.84. The lowest BCUT2D eigenvalue weighted by Gasteiger charge is -2.31. The number of nitrogens with one attached hydrogen (secondary N) is 1. The number of nitrogens with zero attached hydrogens (tertiary/aromatic N) is 3. The van der Waals surface area contributed by atoms with E-state index < -0.39 is 0 Å². The first-order valence-corrected chi connectivity index (χ1v) is 9.74. The van der Waals surface area contributed by atoms with Crippen LogP contribution in [0.4, 0.5) is 0 Å². The zero-order chi connectivity index (χ0) is 17.6. The molecule has 1 aliphatic rings. The Morgan fingerprint density at radius 3 is 2.76 bits per heavy atom. The molecular formula is C21H32N4. The lowest BCUT2D eigenvalue weighted by Crippen LogP contribution is -2.39. The molecule has 0 spiro atoms. The highest BCUT2D eigenvalue weighted by Crippen LogP contribution is 2.20. The molecule has 0 aliphatic carbocycles. The molecule has 1 aromatic heterocycles. The summed E-state index contributed by atoms with van der Waals surface area (Å²) in [5, 5.41) is 8.54. The zero-order valence-corrected chi connectivity index (χ0v) is 15.9. The van der Waals surface area contributed by atoms with Crippen LogP contribution in [0.3, 0.4) is 0 Å². The van der Waals surface area contributed by atoms with Gasteiger partial charge in [-0.25, -0.2) is 4.68 Å². The number of rotatable bonds is 7. The Bertz CT molecular complexity index is 647. The van der Waals surface area contributed by atoms with E-state index in [9.17, 15) is 0 Å². The first-order valence-electron chi connectivity index (χ1n) is 9.74. The van der Waals surface area contributed by atoms with Gasteiger partial charge in [0.2, 0.25) is 0 Å². The minimum absolute atomic E-state index is 0.437. The van der Waals surface area contributed by atoms with Gasteiger partial charge in [-0.15, -0.1) is 0 Å². The molecule has 25 heavy (non-hydrogen) atoms. The monoisotopic (exact) mass is 340 g/mol. The van der Waals surface area contributed by atoms with E-state index in [1.165, 1.54) is 43.7 Å². The Labute approximate surface area is 152 Å². The third kappa shape index (κ3) is 4.71. The molecule has 2 heterocycles. The lowest BCUT2D eigenvalue weighted by molar-refractivity contribution is 0.180.